The fraction of sp³-hybridized carbons (Fsp3) is 0.682. The minimum Gasteiger partial charge on any atom is -0.390 e. The molecule has 1 spiro atoms. The lowest BCUT2D eigenvalue weighted by Crippen LogP contribution is -2.50. The first-order valence-corrected chi connectivity index (χ1v) is 10.2. The number of piperidine rings is 1. The third kappa shape index (κ3) is 3.13. The van der Waals surface area contributed by atoms with Crippen molar-refractivity contribution in [3.05, 3.63) is 29.8 Å². The molecule has 1 aromatic rings. The van der Waals surface area contributed by atoms with E-state index in [-0.39, 0.29) is 5.41 Å². The maximum absolute atomic E-state index is 13.4. The molecule has 4 nitrogen and oxygen atoms in total. The van der Waals surface area contributed by atoms with Gasteiger partial charge in [-0.25, -0.2) is 0 Å². The van der Waals surface area contributed by atoms with Crippen LogP contribution in [0.5, 0.6) is 0 Å². The number of rotatable bonds is 2. The molecular weight excluding hydrogens is 324 g/mol. The van der Waals surface area contributed by atoms with Crippen molar-refractivity contribution in [1.82, 2.24) is 4.90 Å². The molecular formula is C22H32N2O2. The van der Waals surface area contributed by atoms with E-state index in [0.717, 1.165) is 64.6 Å². The fourth-order valence-electron chi connectivity index (χ4n) is 5.37. The number of nitrogens with zero attached hydrogens (tertiary/aromatic N) is 2. The monoisotopic (exact) mass is 356 g/mol. The fourth-order valence-corrected chi connectivity index (χ4v) is 5.37. The Morgan fingerprint density at radius 3 is 2.54 bits per heavy atom. The van der Waals surface area contributed by atoms with Crippen LogP contribution in [0.1, 0.15) is 57.4 Å². The first-order chi connectivity index (χ1) is 12.4. The predicted octanol–water partition coefficient (Wildman–Crippen LogP) is 3.51. The Morgan fingerprint density at radius 2 is 1.81 bits per heavy atom. The Balaban J connectivity index is 1.49. The predicted molar refractivity (Wildman–Crippen MR) is 104 cm³/mol. The van der Waals surface area contributed by atoms with E-state index in [1.54, 1.807) is 0 Å². The Morgan fingerprint density at radius 1 is 1.08 bits per heavy atom. The third-order valence-corrected chi connectivity index (χ3v) is 7.05. The molecule has 3 fully saturated rings. The lowest BCUT2D eigenvalue weighted by atomic mass is 9.78. The van der Waals surface area contributed by atoms with Crippen LogP contribution in [-0.4, -0.2) is 47.2 Å². The maximum Gasteiger partial charge on any atom is 0.230 e. The minimum absolute atomic E-state index is 0.194. The van der Waals surface area contributed by atoms with Gasteiger partial charge in [0.1, 0.15) is 0 Å². The molecule has 0 aromatic heterocycles. The molecule has 1 N–H and O–H groups in total. The molecule has 0 bridgehead atoms. The number of amides is 1. The highest BCUT2D eigenvalue weighted by Gasteiger charge is 2.51. The first kappa shape index (κ1) is 17.8. The lowest BCUT2D eigenvalue weighted by Gasteiger charge is -2.42. The number of aliphatic hydroxyl groups is 1. The van der Waals surface area contributed by atoms with Crippen LogP contribution in [0.2, 0.25) is 0 Å². The SMILES string of the molecule is Cc1ccccc1N1CCC[C@@]2(CCN(C3CCC(C)(O)CC3)C2=O)C1. The first-order valence-electron chi connectivity index (χ1n) is 10.2. The summed E-state index contributed by atoms with van der Waals surface area (Å²) in [6, 6.07) is 8.86. The van der Waals surface area contributed by atoms with Crippen LogP contribution in [0.4, 0.5) is 5.69 Å². The van der Waals surface area contributed by atoms with E-state index in [4.69, 9.17) is 0 Å². The van der Waals surface area contributed by atoms with Crippen molar-refractivity contribution in [3.8, 4) is 0 Å². The zero-order valence-corrected chi connectivity index (χ0v) is 16.2. The normalized spacial score (nSPS) is 35.3. The highest BCUT2D eigenvalue weighted by atomic mass is 16.3. The van der Waals surface area contributed by atoms with Gasteiger partial charge in [0.05, 0.1) is 11.0 Å². The highest BCUT2D eigenvalue weighted by molar-refractivity contribution is 5.86. The lowest BCUT2D eigenvalue weighted by molar-refractivity contribution is -0.140. The number of carbonyl (C=O) groups excluding carboxylic acids is 1. The van der Waals surface area contributed by atoms with E-state index in [9.17, 15) is 9.90 Å². The summed E-state index contributed by atoms with van der Waals surface area (Å²) in [5, 5.41) is 10.2. The molecule has 26 heavy (non-hydrogen) atoms. The van der Waals surface area contributed by atoms with Crippen molar-refractivity contribution in [1.29, 1.82) is 0 Å². The summed E-state index contributed by atoms with van der Waals surface area (Å²) in [6.07, 6.45) is 6.60. The largest absolute Gasteiger partial charge is 0.390 e. The average Bonchev–Trinajstić information content (AvgIpc) is 2.92. The standard InChI is InChI=1S/C22H32N2O2/c1-17-6-3-4-7-19(17)23-14-5-10-22(16-23)13-15-24(20(22)25)18-8-11-21(2,26)12-9-18/h3-4,6-7,18,26H,5,8-16H2,1-2H3/t18?,21?,22-/m1/s1. The zero-order chi connectivity index (χ0) is 18.4. The Hall–Kier alpha value is -1.55. The van der Waals surface area contributed by atoms with Crippen molar-refractivity contribution in [2.24, 2.45) is 5.41 Å². The number of likely N-dealkylation sites (tertiary alicyclic amines) is 1. The van der Waals surface area contributed by atoms with Crippen LogP contribution >= 0.6 is 0 Å². The number of para-hydroxylation sites is 1. The van der Waals surface area contributed by atoms with Gasteiger partial charge in [0, 0.05) is 31.4 Å². The van der Waals surface area contributed by atoms with Gasteiger partial charge in [0.2, 0.25) is 5.91 Å². The van der Waals surface area contributed by atoms with Gasteiger partial charge in [-0.2, -0.15) is 0 Å². The van der Waals surface area contributed by atoms with Gasteiger partial charge in [-0.15, -0.1) is 0 Å². The van der Waals surface area contributed by atoms with Crippen molar-refractivity contribution in [3.63, 3.8) is 0 Å². The van der Waals surface area contributed by atoms with E-state index in [0.29, 0.717) is 11.9 Å². The number of anilines is 1. The van der Waals surface area contributed by atoms with Gasteiger partial charge in [-0.05, 0) is 70.4 Å². The zero-order valence-electron chi connectivity index (χ0n) is 16.2. The molecule has 4 rings (SSSR count). The summed E-state index contributed by atoms with van der Waals surface area (Å²) in [5.41, 5.74) is 1.84. The highest BCUT2D eigenvalue weighted by Crippen LogP contribution is 2.44. The second-order valence-electron chi connectivity index (χ2n) is 9.07. The van der Waals surface area contributed by atoms with Crippen molar-refractivity contribution >= 4 is 11.6 Å². The summed E-state index contributed by atoms with van der Waals surface area (Å²) in [4.78, 5) is 18.0. The van der Waals surface area contributed by atoms with E-state index < -0.39 is 5.60 Å². The van der Waals surface area contributed by atoms with Crippen molar-refractivity contribution in [2.75, 3.05) is 24.5 Å². The summed E-state index contributed by atoms with van der Waals surface area (Å²) in [5.74, 6) is 0.377. The third-order valence-electron chi connectivity index (χ3n) is 7.05. The van der Waals surface area contributed by atoms with Crippen molar-refractivity contribution < 1.29 is 9.90 Å². The van der Waals surface area contributed by atoms with Crippen LogP contribution < -0.4 is 4.90 Å². The molecule has 0 radical (unpaired) electrons. The van der Waals surface area contributed by atoms with Gasteiger partial charge in [-0.1, -0.05) is 18.2 Å². The Bertz CT molecular complexity index is 676. The molecule has 1 aliphatic carbocycles. The molecule has 4 heteroatoms. The van der Waals surface area contributed by atoms with Crippen molar-refractivity contribution in [2.45, 2.75) is 70.4 Å². The van der Waals surface area contributed by atoms with E-state index in [2.05, 4.69) is 41.0 Å². The second kappa shape index (κ2) is 6.56. The maximum atomic E-state index is 13.4. The summed E-state index contributed by atoms with van der Waals surface area (Å²) < 4.78 is 0. The summed E-state index contributed by atoms with van der Waals surface area (Å²) in [6.45, 7) is 6.89. The number of hydrogen-bond acceptors (Lipinski definition) is 3. The van der Waals surface area contributed by atoms with Crippen LogP contribution in [0.15, 0.2) is 24.3 Å². The van der Waals surface area contributed by atoms with Gasteiger partial charge >= 0.3 is 0 Å². The molecule has 1 saturated carbocycles. The smallest absolute Gasteiger partial charge is 0.230 e. The van der Waals surface area contributed by atoms with Gasteiger partial charge < -0.3 is 14.9 Å². The van der Waals surface area contributed by atoms with Gasteiger partial charge in [-0.3, -0.25) is 4.79 Å². The molecule has 1 aromatic carbocycles. The Labute approximate surface area is 157 Å². The quantitative estimate of drug-likeness (QED) is 0.882. The van der Waals surface area contributed by atoms with Crippen LogP contribution in [-0.2, 0) is 4.79 Å². The van der Waals surface area contributed by atoms with Crippen LogP contribution in [0.3, 0.4) is 0 Å². The van der Waals surface area contributed by atoms with E-state index in [1.807, 2.05) is 6.92 Å². The van der Waals surface area contributed by atoms with Crippen LogP contribution in [0.25, 0.3) is 0 Å². The molecule has 0 unspecified atom stereocenters. The summed E-state index contributed by atoms with van der Waals surface area (Å²) in [7, 11) is 0. The van der Waals surface area contributed by atoms with Gasteiger partial charge in [0.15, 0.2) is 0 Å². The number of aryl methyl sites for hydroxylation is 1. The van der Waals surface area contributed by atoms with E-state index >= 15 is 0 Å². The molecule has 3 aliphatic rings. The number of carbonyl (C=O) groups is 1. The van der Waals surface area contributed by atoms with E-state index in [1.165, 1.54) is 11.3 Å². The second-order valence-corrected chi connectivity index (χ2v) is 9.07. The molecule has 1 amide bonds. The average molecular weight is 357 g/mol. The molecule has 142 valence electrons. The molecule has 2 saturated heterocycles. The molecule has 1 atom stereocenters. The topological polar surface area (TPSA) is 43.8 Å². The number of hydrogen-bond donors (Lipinski definition) is 1. The van der Waals surface area contributed by atoms with Crippen LogP contribution in [0, 0.1) is 12.3 Å². The summed E-state index contributed by atoms with van der Waals surface area (Å²) >= 11 is 0. The van der Waals surface area contributed by atoms with Gasteiger partial charge in [0.25, 0.3) is 0 Å². The Kier molecular flexibility index (Phi) is 4.50. The minimum atomic E-state index is -0.538. The molecule has 2 heterocycles. The number of benzene rings is 1. The molecule has 2 aliphatic heterocycles.